The normalized spacial score (nSPS) is 14.8. The highest BCUT2D eigenvalue weighted by molar-refractivity contribution is 5.95. The number of nitrogens with zero attached hydrogens (tertiary/aromatic N) is 4. The van der Waals surface area contributed by atoms with E-state index in [4.69, 9.17) is 0 Å². The van der Waals surface area contributed by atoms with Gasteiger partial charge in [-0.3, -0.25) is 14.9 Å². The lowest BCUT2D eigenvalue weighted by Crippen LogP contribution is -2.53. The predicted octanol–water partition coefficient (Wildman–Crippen LogP) is 3.42. The Labute approximate surface area is 190 Å². The van der Waals surface area contributed by atoms with E-state index >= 15 is 0 Å². The second kappa shape index (κ2) is 9.85. The Morgan fingerprint density at radius 3 is 2.16 bits per heavy atom. The van der Waals surface area contributed by atoms with Crippen molar-refractivity contribution in [2.45, 2.75) is 33.2 Å². The summed E-state index contributed by atoms with van der Waals surface area (Å²) < 4.78 is 0. The van der Waals surface area contributed by atoms with Crippen molar-refractivity contribution in [3.8, 4) is 0 Å². The van der Waals surface area contributed by atoms with Crippen LogP contribution in [-0.4, -0.2) is 66.8 Å². The highest BCUT2D eigenvalue weighted by Crippen LogP contribution is 2.23. The van der Waals surface area contributed by atoms with Crippen LogP contribution in [0.4, 0.5) is 11.4 Å². The number of rotatable bonds is 4. The lowest BCUT2D eigenvalue weighted by atomic mass is 10.1. The molecule has 1 aliphatic heterocycles. The predicted molar refractivity (Wildman–Crippen MR) is 130 cm³/mol. The molecule has 1 N–H and O–H groups in total. The second-order valence-electron chi connectivity index (χ2n) is 9.04. The fraction of sp³-hybridized carbons (Fsp3) is 0.400. The van der Waals surface area contributed by atoms with Crippen molar-refractivity contribution in [1.29, 1.82) is 0 Å². The van der Waals surface area contributed by atoms with Gasteiger partial charge in [-0.25, -0.2) is 4.99 Å². The molecule has 1 heterocycles. The number of guanidine groups is 1. The molecule has 3 rings (SSSR count). The number of carbonyl (C=O) groups excluding carboxylic acids is 2. The van der Waals surface area contributed by atoms with Gasteiger partial charge in [0.25, 0.3) is 5.91 Å². The van der Waals surface area contributed by atoms with Crippen molar-refractivity contribution >= 4 is 29.7 Å². The first kappa shape index (κ1) is 23.3. The minimum absolute atomic E-state index is 0.00889. The molecule has 0 aromatic heterocycles. The Balaban J connectivity index is 1.66. The van der Waals surface area contributed by atoms with E-state index in [1.807, 2.05) is 65.3 Å². The summed E-state index contributed by atoms with van der Waals surface area (Å²) in [6, 6.07) is 15.6. The summed E-state index contributed by atoms with van der Waals surface area (Å²) in [5.74, 6) is 0.534. The summed E-state index contributed by atoms with van der Waals surface area (Å²) in [6.45, 7) is 10.8. The molecule has 2 aromatic carbocycles. The number of aryl methyl sites for hydroxylation is 1. The van der Waals surface area contributed by atoms with E-state index in [2.05, 4.69) is 43.0 Å². The molecule has 1 fully saturated rings. The maximum absolute atomic E-state index is 13.0. The minimum atomic E-state index is 0.00889. The molecule has 2 aromatic rings. The molecule has 0 aliphatic carbocycles. The van der Waals surface area contributed by atoms with Crippen molar-refractivity contribution in [1.82, 2.24) is 15.1 Å². The Hall–Kier alpha value is -3.35. The van der Waals surface area contributed by atoms with Crippen LogP contribution in [0.1, 0.15) is 36.7 Å². The van der Waals surface area contributed by atoms with Crippen LogP contribution in [0.15, 0.2) is 53.5 Å². The molecule has 7 heteroatoms. The number of piperazine rings is 1. The average Bonchev–Trinajstić information content (AvgIpc) is 2.79. The van der Waals surface area contributed by atoms with E-state index in [0.29, 0.717) is 44.1 Å². The largest absolute Gasteiger partial charge is 0.370 e. The van der Waals surface area contributed by atoms with Crippen LogP contribution in [-0.2, 0) is 4.79 Å². The molecule has 32 heavy (non-hydrogen) atoms. The second-order valence-corrected chi connectivity index (χ2v) is 9.04. The summed E-state index contributed by atoms with van der Waals surface area (Å²) in [5, 5.41) is 2.72. The highest BCUT2D eigenvalue weighted by Gasteiger charge is 2.25. The average molecular weight is 436 g/mol. The van der Waals surface area contributed by atoms with Crippen LogP contribution in [0.25, 0.3) is 0 Å². The Morgan fingerprint density at radius 2 is 1.59 bits per heavy atom. The summed E-state index contributed by atoms with van der Waals surface area (Å²) in [7, 11) is 2.06. The van der Waals surface area contributed by atoms with Gasteiger partial charge in [0.15, 0.2) is 0 Å². The van der Waals surface area contributed by atoms with Crippen molar-refractivity contribution in [3.05, 3.63) is 59.7 Å². The van der Waals surface area contributed by atoms with Gasteiger partial charge in [-0.05, 0) is 63.6 Å². The molecule has 1 saturated heterocycles. The molecule has 0 saturated carbocycles. The molecule has 0 bridgehead atoms. The van der Waals surface area contributed by atoms with Crippen molar-refractivity contribution in [2.24, 2.45) is 4.99 Å². The third-order valence-corrected chi connectivity index (χ3v) is 5.90. The maximum Gasteiger partial charge on any atom is 0.253 e. The first-order valence-corrected chi connectivity index (χ1v) is 10.9. The standard InChI is InChI=1S/C25H33N5O2/c1-19-8-6-7-9-22(19)27-24(26-18-31)30-16-14-29(15-17-30)23(32)20-10-12-21(13-11-20)28(5)25(2,3)4/h6-13,18H,14-17H2,1-5H3,(H,26,27,31). The van der Waals surface area contributed by atoms with Gasteiger partial charge >= 0.3 is 0 Å². The number of amides is 2. The van der Waals surface area contributed by atoms with Gasteiger partial charge in [0, 0.05) is 50.0 Å². The SMILES string of the molecule is Cc1ccccc1N=C(NC=O)N1CCN(C(=O)c2ccc(N(C)C(C)(C)C)cc2)CC1. The summed E-state index contributed by atoms with van der Waals surface area (Å²) in [5.41, 5.74) is 3.62. The van der Waals surface area contributed by atoms with Gasteiger partial charge < -0.3 is 14.7 Å². The molecule has 0 radical (unpaired) electrons. The van der Waals surface area contributed by atoms with Gasteiger partial charge in [0.2, 0.25) is 12.4 Å². The minimum Gasteiger partial charge on any atom is -0.370 e. The number of para-hydroxylation sites is 1. The van der Waals surface area contributed by atoms with Crippen molar-refractivity contribution < 1.29 is 9.59 Å². The van der Waals surface area contributed by atoms with Crippen LogP contribution in [0.5, 0.6) is 0 Å². The molecule has 2 amide bonds. The topological polar surface area (TPSA) is 68.2 Å². The fourth-order valence-corrected chi connectivity index (χ4v) is 3.57. The van der Waals surface area contributed by atoms with Gasteiger partial charge in [0.1, 0.15) is 0 Å². The van der Waals surface area contributed by atoms with E-state index in [0.717, 1.165) is 16.9 Å². The first-order chi connectivity index (χ1) is 15.2. The van der Waals surface area contributed by atoms with Gasteiger partial charge in [-0.2, -0.15) is 0 Å². The van der Waals surface area contributed by atoms with Crippen LogP contribution < -0.4 is 10.2 Å². The Bertz CT molecular complexity index is 971. The van der Waals surface area contributed by atoms with Crippen LogP contribution in [0, 0.1) is 6.92 Å². The molecule has 0 unspecified atom stereocenters. The van der Waals surface area contributed by atoms with Crippen LogP contribution >= 0.6 is 0 Å². The zero-order valence-corrected chi connectivity index (χ0v) is 19.6. The van der Waals surface area contributed by atoms with E-state index < -0.39 is 0 Å². The van der Waals surface area contributed by atoms with Crippen molar-refractivity contribution in [3.63, 3.8) is 0 Å². The third kappa shape index (κ3) is 5.46. The number of anilines is 1. The molecule has 170 valence electrons. The summed E-state index contributed by atoms with van der Waals surface area (Å²) >= 11 is 0. The van der Waals surface area contributed by atoms with Crippen LogP contribution in [0.2, 0.25) is 0 Å². The monoisotopic (exact) mass is 435 g/mol. The number of hydrogen-bond acceptors (Lipinski definition) is 4. The number of nitrogens with one attached hydrogen (secondary N) is 1. The number of aliphatic imine (C=N–C) groups is 1. The smallest absolute Gasteiger partial charge is 0.253 e. The molecule has 7 nitrogen and oxygen atoms in total. The zero-order valence-electron chi connectivity index (χ0n) is 19.6. The van der Waals surface area contributed by atoms with Gasteiger partial charge in [-0.15, -0.1) is 0 Å². The van der Waals surface area contributed by atoms with Gasteiger partial charge in [0.05, 0.1) is 5.69 Å². The molecule has 1 aliphatic rings. The van der Waals surface area contributed by atoms with E-state index in [1.54, 1.807) is 0 Å². The molecule has 0 atom stereocenters. The quantitative estimate of drug-likeness (QED) is 0.454. The fourth-order valence-electron chi connectivity index (χ4n) is 3.57. The highest BCUT2D eigenvalue weighted by atomic mass is 16.2. The lowest BCUT2D eigenvalue weighted by molar-refractivity contribution is -0.108. The number of benzene rings is 2. The third-order valence-electron chi connectivity index (χ3n) is 5.90. The molecular weight excluding hydrogens is 402 g/mol. The number of carbonyl (C=O) groups is 2. The van der Waals surface area contributed by atoms with Gasteiger partial charge in [-0.1, -0.05) is 18.2 Å². The van der Waals surface area contributed by atoms with E-state index in [-0.39, 0.29) is 11.4 Å². The Morgan fingerprint density at radius 1 is 1.00 bits per heavy atom. The molecular formula is C25H33N5O2. The van der Waals surface area contributed by atoms with E-state index in [1.165, 1.54) is 0 Å². The first-order valence-electron chi connectivity index (χ1n) is 10.9. The lowest BCUT2D eigenvalue weighted by Gasteiger charge is -2.36. The number of hydrogen-bond donors (Lipinski definition) is 1. The summed E-state index contributed by atoms with van der Waals surface area (Å²) in [6.07, 6.45) is 0.644. The zero-order chi connectivity index (χ0) is 23.3. The maximum atomic E-state index is 13.0. The van der Waals surface area contributed by atoms with E-state index in [9.17, 15) is 9.59 Å². The molecule has 0 spiro atoms. The Kier molecular flexibility index (Phi) is 7.18. The van der Waals surface area contributed by atoms with Crippen molar-refractivity contribution in [2.75, 3.05) is 38.1 Å². The van der Waals surface area contributed by atoms with Crippen LogP contribution in [0.3, 0.4) is 0 Å². The summed E-state index contributed by atoms with van der Waals surface area (Å²) in [4.78, 5) is 34.8.